The van der Waals surface area contributed by atoms with Gasteiger partial charge in [-0.15, -0.1) is 12.4 Å². The van der Waals surface area contributed by atoms with Crippen molar-refractivity contribution in [2.24, 2.45) is 0 Å². The van der Waals surface area contributed by atoms with Gasteiger partial charge in [-0.2, -0.15) is 9.57 Å². The Morgan fingerprint density at radius 1 is 1.36 bits per heavy atom. The first-order valence-electron chi connectivity index (χ1n) is 7.36. The van der Waals surface area contributed by atoms with Gasteiger partial charge in [-0.3, -0.25) is 4.98 Å². The van der Waals surface area contributed by atoms with Crippen LogP contribution in [-0.2, 0) is 10.0 Å². The molecule has 1 aromatic heterocycles. The first-order chi connectivity index (χ1) is 11.5. The maximum atomic E-state index is 13.1. The van der Waals surface area contributed by atoms with E-state index in [2.05, 4.69) is 10.3 Å². The number of pyridine rings is 1. The number of piperazine rings is 1. The van der Waals surface area contributed by atoms with Crippen LogP contribution in [0.1, 0.15) is 17.2 Å². The second-order valence-corrected chi connectivity index (χ2v) is 7.65. The molecule has 1 saturated heterocycles. The predicted molar refractivity (Wildman–Crippen MR) is 97.2 cm³/mol. The molecule has 132 valence electrons. The predicted octanol–water partition coefficient (Wildman–Crippen LogP) is 2.36. The smallest absolute Gasteiger partial charge is 0.245 e. The number of benzene rings is 1. The van der Waals surface area contributed by atoms with Gasteiger partial charge in [0.2, 0.25) is 10.0 Å². The average Bonchev–Trinajstić information content (AvgIpc) is 2.62. The highest BCUT2D eigenvalue weighted by molar-refractivity contribution is 7.89. The first-order valence-corrected chi connectivity index (χ1v) is 9.18. The van der Waals surface area contributed by atoms with Gasteiger partial charge in [-0.05, 0) is 29.8 Å². The molecule has 0 spiro atoms. The number of nitrogens with zero attached hydrogens (tertiary/aromatic N) is 3. The third kappa shape index (κ3) is 3.94. The lowest BCUT2D eigenvalue weighted by Gasteiger charge is -2.35. The van der Waals surface area contributed by atoms with E-state index in [1.807, 2.05) is 12.1 Å². The fourth-order valence-corrected chi connectivity index (χ4v) is 4.87. The van der Waals surface area contributed by atoms with E-state index in [1.54, 1.807) is 18.5 Å². The summed E-state index contributed by atoms with van der Waals surface area (Å²) in [6.45, 7) is 1.39. The number of rotatable bonds is 3. The van der Waals surface area contributed by atoms with Crippen molar-refractivity contribution in [2.75, 3.05) is 19.6 Å². The second kappa shape index (κ2) is 8.13. The van der Waals surface area contributed by atoms with Gasteiger partial charge in [0.1, 0.15) is 4.90 Å². The fourth-order valence-electron chi connectivity index (χ4n) is 2.74. The van der Waals surface area contributed by atoms with Crippen molar-refractivity contribution in [3.8, 4) is 6.07 Å². The molecule has 1 unspecified atom stereocenters. The van der Waals surface area contributed by atoms with Crippen molar-refractivity contribution in [2.45, 2.75) is 10.9 Å². The van der Waals surface area contributed by atoms with Crippen molar-refractivity contribution in [3.05, 3.63) is 58.9 Å². The minimum absolute atomic E-state index is 0. The van der Waals surface area contributed by atoms with Crippen molar-refractivity contribution in [1.82, 2.24) is 14.6 Å². The molecular weight excluding hydrogens is 383 g/mol. The van der Waals surface area contributed by atoms with E-state index in [-0.39, 0.29) is 28.4 Å². The number of hydrogen-bond donors (Lipinski definition) is 1. The maximum Gasteiger partial charge on any atom is 0.245 e. The van der Waals surface area contributed by atoms with Crippen molar-refractivity contribution in [1.29, 1.82) is 5.26 Å². The van der Waals surface area contributed by atoms with Crippen LogP contribution in [0, 0.1) is 11.3 Å². The summed E-state index contributed by atoms with van der Waals surface area (Å²) >= 11 is 6.12. The van der Waals surface area contributed by atoms with Gasteiger partial charge in [0, 0.05) is 32.0 Å². The second-order valence-electron chi connectivity index (χ2n) is 5.38. The van der Waals surface area contributed by atoms with Gasteiger partial charge in [-0.25, -0.2) is 8.42 Å². The van der Waals surface area contributed by atoms with Crippen LogP contribution in [0.25, 0.3) is 0 Å². The van der Waals surface area contributed by atoms with Gasteiger partial charge in [0.05, 0.1) is 22.7 Å². The minimum Gasteiger partial charge on any atom is -0.313 e. The van der Waals surface area contributed by atoms with Crippen LogP contribution in [0.3, 0.4) is 0 Å². The summed E-state index contributed by atoms with van der Waals surface area (Å²) in [6.07, 6.45) is 3.32. The fraction of sp³-hybridized carbons (Fsp3) is 0.250. The number of aromatic nitrogens is 1. The van der Waals surface area contributed by atoms with E-state index in [9.17, 15) is 8.42 Å². The summed E-state index contributed by atoms with van der Waals surface area (Å²) in [5.41, 5.74) is 1.14. The molecular formula is C16H16Cl2N4O2S. The van der Waals surface area contributed by atoms with E-state index >= 15 is 0 Å². The summed E-state index contributed by atoms with van der Waals surface area (Å²) in [7, 11) is -3.79. The quantitative estimate of drug-likeness (QED) is 0.857. The van der Waals surface area contributed by atoms with Gasteiger partial charge < -0.3 is 5.32 Å². The van der Waals surface area contributed by atoms with Gasteiger partial charge >= 0.3 is 0 Å². The van der Waals surface area contributed by atoms with Crippen molar-refractivity contribution in [3.63, 3.8) is 0 Å². The van der Waals surface area contributed by atoms with E-state index in [4.69, 9.17) is 16.9 Å². The summed E-state index contributed by atoms with van der Waals surface area (Å²) in [5, 5.41) is 12.2. The number of halogens is 2. The molecule has 9 heteroatoms. The van der Waals surface area contributed by atoms with Crippen molar-refractivity contribution < 1.29 is 8.42 Å². The lowest BCUT2D eigenvalue weighted by Crippen LogP contribution is -2.48. The number of sulfonamides is 1. The zero-order chi connectivity index (χ0) is 17.2. The monoisotopic (exact) mass is 398 g/mol. The van der Waals surface area contributed by atoms with Crippen LogP contribution in [0.15, 0.2) is 47.6 Å². The molecule has 1 N–H and O–H groups in total. The van der Waals surface area contributed by atoms with Crippen molar-refractivity contribution >= 4 is 34.0 Å². The Morgan fingerprint density at radius 3 is 2.80 bits per heavy atom. The van der Waals surface area contributed by atoms with Gasteiger partial charge in [-0.1, -0.05) is 17.7 Å². The molecule has 0 radical (unpaired) electrons. The highest BCUT2D eigenvalue weighted by atomic mass is 35.5. The number of nitriles is 1. The molecule has 2 aromatic rings. The van der Waals surface area contributed by atoms with E-state index in [0.717, 1.165) is 5.56 Å². The highest BCUT2D eigenvalue weighted by Crippen LogP contribution is 2.32. The molecule has 1 fully saturated rings. The normalized spacial score (nSPS) is 18.2. The van der Waals surface area contributed by atoms with Crippen LogP contribution in [0.4, 0.5) is 0 Å². The summed E-state index contributed by atoms with van der Waals surface area (Å²) < 4.78 is 27.6. The number of hydrogen-bond acceptors (Lipinski definition) is 5. The molecule has 1 aromatic carbocycles. The molecule has 0 aliphatic carbocycles. The Labute approximate surface area is 157 Å². The minimum atomic E-state index is -3.79. The Bertz CT molecular complexity index is 885. The van der Waals surface area contributed by atoms with Gasteiger partial charge in [0.25, 0.3) is 0 Å². The molecule has 25 heavy (non-hydrogen) atoms. The topological polar surface area (TPSA) is 86.1 Å². The SMILES string of the molecule is Cl.N#Cc1ccc(S(=O)(=O)N2CCNCC2c2cccnc2)c(Cl)c1. The zero-order valence-electron chi connectivity index (χ0n) is 13.1. The lowest BCUT2D eigenvalue weighted by molar-refractivity contribution is 0.271. The Morgan fingerprint density at radius 2 is 2.16 bits per heavy atom. The maximum absolute atomic E-state index is 13.1. The summed E-state index contributed by atoms with van der Waals surface area (Å²) in [5.74, 6) is 0. The largest absolute Gasteiger partial charge is 0.313 e. The molecule has 0 bridgehead atoms. The van der Waals surface area contributed by atoms with Gasteiger partial charge in [0.15, 0.2) is 0 Å². The first kappa shape index (κ1) is 19.6. The molecule has 1 aliphatic heterocycles. The van der Waals surface area contributed by atoms with Crippen LogP contribution in [0.5, 0.6) is 0 Å². The highest BCUT2D eigenvalue weighted by Gasteiger charge is 2.35. The Kier molecular flexibility index (Phi) is 6.38. The Hall–Kier alpha value is -1.69. The molecule has 0 saturated carbocycles. The molecule has 3 rings (SSSR count). The summed E-state index contributed by atoms with van der Waals surface area (Å²) in [6, 6.07) is 9.44. The molecule has 2 heterocycles. The van der Waals surface area contributed by atoms with Crippen LogP contribution in [-0.4, -0.2) is 37.3 Å². The number of nitrogens with one attached hydrogen (secondary N) is 1. The van der Waals surface area contributed by atoms with Crippen LogP contribution >= 0.6 is 24.0 Å². The Balaban J connectivity index is 0.00000225. The molecule has 1 atom stereocenters. The molecule has 6 nitrogen and oxygen atoms in total. The standard InChI is InChI=1S/C16H15ClN4O2S.ClH/c17-14-8-12(9-18)3-4-16(14)24(22,23)21-7-6-20-11-15(21)13-2-1-5-19-10-13;/h1-5,8,10,15,20H,6-7,11H2;1H. The molecule has 0 amide bonds. The van der Waals surface area contributed by atoms with E-state index in [0.29, 0.717) is 25.2 Å². The lowest BCUT2D eigenvalue weighted by atomic mass is 10.1. The summed E-state index contributed by atoms with van der Waals surface area (Å²) in [4.78, 5) is 4.09. The third-order valence-corrected chi connectivity index (χ3v) is 6.30. The van der Waals surface area contributed by atoms with E-state index in [1.165, 1.54) is 22.5 Å². The third-order valence-electron chi connectivity index (χ3n) is 3.91. The van der Waals surface area contributed by atoms with E-state index < -0.39 is 10.0 Å². The zero-order valence-corrected chi connectivity index (χ0v) is 15.5. The van der Waals surface area contributed by atoms with Crippen LogP contribution < -0.4 is 5.32 Å². The molecule has 1 aliphatic rings. The van der Waals surface area contributed by atoms with Crippen LogP contribution in [0.2, 0.25) is 5.02 Å². The average molecular weight is 399 g/mol.